The Labute approximate surface area is 104 Å². The van der Waals surface area contributed by atoms with Crippen LogP contribution in [0.15, 0.2) is 28.2 Å². The number of halogens is 1. The molecule has 0 saturated carbocycles. The molecule has 1 N–H and O–H groups in total. The van der Waals surface area contributed by atoms with Gasteiger partial charge in [-0.3, -0.25) is 9.98 Å². The topological polar surface area (TPSA) is 62.0 Å². The minimum absolute atomic E-state index is 0.0487. The van der Waals surface area contributed by atoms with Gasteiger partial charge in [0.25, 0.3) is 0 Å². The number of aromatic carboxylic acids is 1. The summed E-state index contributed by atoms with van der Waals surface area (Å²) < 4.78 is 13.2. The van der Waals surface area contributed by atoms with Crippen LogP contribution in [-0.2, 0) is 6.42 Å². The lowest BCUT2D eigenvalue weighted by molar-refractivity contribution is 0.0695. The molecular formula is C13H13FN2O2. The number of hydrogen-bond donors (Lipinski definition) is 1. The van der Waals surface area contributed by atoms with Gasteiger partial charge >= 0.3 is 5.97 Å². The van der Waals surface area contributed by atoms with Crippen LogP contribution in [0.5, 0.6) is 0 Å². The van der Waals surface area contributed by atoms with E-state index in [0.29, 0.717) is 18.5 Å². The van der Waals surface area contributed by atoms with E-state index in [9.17, 15) is 9.18 Å². The van der Waals surface area contributed by atoms with E-state index >= 15 is 0 Å². The zero-order valence-corrected chi connectivity index (χ0v) is 9.71. The van der Waals surface area contributed by atoms with Crippen molar-refractivity contribution in [3.05, 3.63) is 35.1 Å². The molecule has 18 heavy (non-hydrogen) atoms. The minimum atomic E-state index is -1.04. The molecule has 1 heterocycles. The van der Waals surface area contributed by atoms with Crippen LogP contribution < -0.4 is 0 Å². The van der Waals surface area contributed by atoms with Crippen LogP contribution in [0, 0.1) is 5.82 Å². The average molecular weight is 248 g/mol. The fourth-order valence-electron chi connectivity index (χ4n) is 1.93. The Bertz CT molecular complexity index is 512. The maximum absolute atomic E-state index is 13.2. The zero-order valence-electron chi connectivity index (χ0n) is 9.71. The van der Waals surface area contributed by atoms with E-state index in [1.807, 2.05) is 0 Å². The van der Waals surface area contributed by atoms with Gasteiger partial charge in [-0.15, -0.1) is 0 Å². The lowest BCUT2D eigenvalue weighted by Crippen LogP contribution is -2.13. The van der Waals surface area contributed by atoms with Gasteiger partial charge in [-0.2, -0.15) is 0 Å². The molecule has 1 unspecified atom stereocenters. The normalized spacial score (nSPS) is 18.6. The van der Waals surface area contributed by atoms with Crippen molar-refractivity contribution in [1.82, 2.24) is 0 Å². The van der Waals surface area contributed by atoms with Gasteiger partial charge in [-0.1, -0.05) is 0 Å². The lowest BCUT2D eigenvalue weighted by Gasteiger charge is -2.12. The highest BCUT2D eigenvalue weighted by atomic mass is 19.1. The van der Waals surface area contributed by atoms with Crippen LogP contribution in [0.3, 0.4) is 0 Å². The second-order valence-corrected chi connectivity index (χ2v) is 4.11. The first kappa shape index (κ1) is 12.4. The third-order valence-electron chi connectivity index (χ3n) is 2.81. The highest BCUT2D eigenvalue weighted by Gasteiger charge is 2.15. The third kappa shape index (κ3) is 3.00. The Morgan fingerprint density at radius 3 is 3.06 bits per heavy atom. The highest BCUT2D eigenvalue weighted by molar-refractivity contribution is 6.16. The summed E-state index contributed by atoms with van der Waals surface area (Å²) in [5.74, 6) is -1.47. The Morgan fingerprint density at radius 2 is 2.28 bits per heavy atom. The summed E-state index contributed by atoms with van der Waals surface area (Å²) in [7, 11) is 0. The van der Waals surface area contributed by atoms with E-state index in [-0.39, 0.29) is 11.6 Å². The number of nitrogens with zero attached hydrogens (tertiary/aromatic N) is 2. The van der Waals surface area contributed by atoms with Crippen molar-refractivity contribution in [3.63, 3.8) is 0 Å². The molecule has 0 amide bonds. The van der Waals surface area contributed by atoms with Crippen LogP contribution in [0.1, 0.15) is 22.3 Å². The average Bonchev–Trinajstić information content (AvgIpc) is 2.57. The van der Waals surface area contributed by atoms with E-state index in [1.165, 1.54) is 12.1 Å². The molecule has 5 heteroatoms. The van der Waals surface area contributed by atoms with Crippen LogP contribution in [0.4, 0.5) is 4.39 Å². The van der Waals surface area contributed by atoms with E-state index in [2.05, 4.69) is 9.98 Å². The molecule has 0 spiro atoms. The first-order valence-electron chi connectivity index (χ1n) is 5.70. The summed E-state index contributed by atoms with van der Waals surface area (Å²) in [5, 5.41) is 9.06. The lowest BCUT2D eigenvalue weighted by atomic mass is 9.98. The Kier molecular flexibility index (Phi) is 3.82. The van der Waals surface area contributed by atoms with Crippen molar-refractivity contribution in [2.45, 2.75) is 18.9 Å². The monoisotopic (exact) mass is 248 g/mol. The first-order chi connectivity index (χ1) is 8.66. The first-order valence-corrected chi connectivity index (χ1v) is 5.70. The molecule has 0 fully saturated rings. The van der Waals surface area contributed by atoms with Gasteiger partial charge in [0.2, 0.25) is 0 Å². The van der Waals surface area contributed by atoms with Crippen molar-refractivity contribution >= 4 is 18.4 Å². The Balaban J connectivity index is 2.22. The van der Waals surface area contributed by atoms with Crippen molar-refractivity contribution in [2.24, 2.45) is 9.98 Å². The van der Waals surface area contributed by atoms with Crippen LogP contribution in [-0.4, -0.2) is 36.1 Å². The van der Waals surface area contributed by atoms with E-state index < -0.39 is 11.8 Å². The standard InChI is InChI=1S/C13H13FN2O2/c14-10-1-2-12(13(17)18)9(7-10)8-11-3-4-15-5-6-16-11/h1-2,5-7,11H,3-4,8H2,(H,17,18). The zero-order chi connectivity index (χ0) is 13.0. The van der Waals surface area contributed by atoms with Gasteiger partial charge in [0.15, 0.2) is 0 Å². The van der Waals surface area contributed by atoms with Crippen molar-refractivity contribution in [2.75, 3.05) is 6.54 Å². The molecule has 1 aliphatic heterocycles. The number of rotatable bonds is 3. The molecule has 1 aromatic carbocycles. The molecule has 0 aromatic heterocycles. The molecule has 0 bridgehead atoms. The molecule has 0 aliphatic carbocycles. The fourth-order valence-corrected chi connectivity index (χ4v) is 1.93. The Hall–Kier alpha value is -2.04. The smallest absolute Gasteiger partial charge is 0.335 e. The maximum atomic E-state index is 13.2. The molecule has 4 nitrogen and oxygen atoms in total. The number of hydrogen-bond acceptors (Lipinski definition) is 3. The second kappa shape index (κ2) is 5.53. The van der Waals surface area contributed by atoms with E-state index in [0.717, 1.165) is 12.5 Å². The largest absolute Gasteiger partial charge is 0.478 e. The Morgan fingerprint density at radius 1 is 1.44 bits per heavy atom. The molecule has 1 atom stereocenters. The SMILES string of the molecule is O=C(O)c1ccc(F)cc1CC1CCN=CC=N1. The van der Waals surface area contributed by atoms with Gasteiger partial charge in [-0.05, 0) is 36.6 Å². The number of carboxylic acids is 1. The summed E-state index contributed by atoms with van der Waals surface area (Å²) >= 11 is 0. The summed E-state index contributed by atoms with van der Waals surface area (Å²) in [6.45, 7) is 0.655. The van der Waals surface area contributed by atoms with Gasteiger partial charge in [0.05, 0.1) is 11.6 Å². The number of carboxylic acid groups (broad SMARTS) is 1. The number of carbonyl (C=O) groups is 1. The quantitative estimate of drug-likeness (QED) is 0.889. The number of benzene rings is 1. The van der Waals surface area contributed by atoms with Crippen LogP contribution in [0.25, 0.3) is 0 Å². The highest BCUT2D eigenvalue weighted by Crippen LogP contribution is 2.17. The van der Waals surface area contributed by atoms with Crippen LogP contribution in [0.2, 0.25) is 0 Å². The molecule has 0 saturated heterocycles. The molecular weight excluding hydrogens is 235 g/mol. The van der Waals surface area contributed by atoms with Gasteiger partial charge in [-0.25, -0.2) is 9.18 Å². The van der Waals surface area contributed by atoms with Gasteiger partial charge in [0.1, 0.15) is 5.82 Å². The van der Waals surface area contributed by atoms with E-state index in [4.69, 9.17) is 5.11 Å². The van der Waals surface area contributed by atoms with Crippen LogP contribution >= 0.6 is 0 Å². The maximum Gasteiger partial charge on any atom is 0.335 e. The molecule has 1 aromatic rings. The molecule has 2 rings (SSSR count). The minimum Gasteiger partial charge on any atom is -0.478 e. The van der Waals surface area contributed by atoms with Gasteiger partial charge in [0, 0.05) is 19.0 Å². The molecule has 0 radical (unpaired) electrons. The van der Waals surface area contributed by atoms with Crippen molar-refractivity contribution in [1.29, 1.82) is 0 Å². The summed E-state index contributed by atoms with van der Waals surface area (Å²) in [6, 6.07) is 3.67. The second-order valence-electron chi connectivity index (χ2n) is 4.11. The fraction of sp³-hybridized carbons (Fsp3) is 0.308. The predicted molar refractivity (Wildman–Crippen MR) is 67.3 cm³/mol. The number of aliphatic imine (C=N–C) groups is 2. The van der Waals surface area contributed by atoms with E-state index in [1.54, 1.807) is 12.4 Å². The summed E-state index contributed by atoms with van der Waals surface area (Å²) in [4.78, 5) is 19.4. The predicted octanol–water partition coefficient (Wildman–Crippen LogP) is 1.98. The van der Waals surface area contributed by atoms with Crippen molar-refractivity contribution in [3.8, 4) is 0 Å². The van der Waals surface area contributed by atoms with Gasteiger partial charge < -0.3 is 5.11 Å². The molecule has 94 valence electrons. The van der Waals surface area contributed by atoms with Crippen molar-refractivity contribution < 1.29 is 14.3 Å². The summed E-state index contributed by atoms with van der Waals surface area (Å²) in [5.41, 5.74) is 0.614. The molecule has 1 aliphatic rings. The third-order valence-corrected chi connectivity index (χ3v) is 2.81. The summed E-state index contributed by atoms with van der Waals surface area (Å²) in [6.07, 6.45) is 4.39.